The Morgan fingerprint density at radius 1 is 1.08 bits per heavy atom. The summed E-state index contributed by atoms with van der Waals surface area (Å²) in [5.41, 5.74) is 4.30. The summed E-state index contributed by atoms with van der Waals surface area (Å²) in [7, 11) is 0. The van der Waals surface area contributed by atoms with Crippen LogP contribution in [0.4, 0.5) is 0 Å². The molecule has 0 bridgehead atoms. The third-order valence-electron chi connectivity index (χ3n) is 8.08. The lowest BCUT2D eigenvalue weighted by Crippen LogP contribution is -2.51. The minimum atomic E-state index is -0.139. The zero-order chi connectivity index (χ0) is 25.4. The molecule has 4 N–H and O–H groups in total. The van der Waals surface area contributed by atoms with E-state index >= 15 is 0 Å². The molecule has 2 amide bonds. The molecule has 4 heterocycles. The monoisotopic (exact) mass is 518 g/mol. The average Bonchev–Trinajstić information content (AvgIpc) is 3.40. The van der Waals surface area contributed by atoms with Crippen LogP contribution in [0.15, 0.2) is 36.5 Å². The molecule has 1 saturated heterocycles. The molecule has 0 radical (unpaired) electrons. The van der Waals surface area contributed by atoms with Crippen LogP contribution in [-0.4, -0.2) is 52.4 Å². The smallest absolute Gasteiger partial charge is 0.253 e. The molecule has 2 aliphatic heterocycles. The predicted octanol–water partition coefficient (Wildman–Crippen LogP) is 4.22. The van der Waals surface area contributed by atoms with E-state index in [-0.39, 0.29) is 23.3 Å². The number of nitrogens with one attached hydrogen (secondary N) is 4. The first-order valence-electron chi connectivity index (χ1n) is 13.2. The van der Waals surface area contributed by atoms with Crippen molar-refractivity contribution in [3.05, 3.63) is 58.4 Å². The number of hydrogen-bond acceptors (Lipinski definition) is 5. The number of aromatic amines is 1. The summed E-state index contributed by atoms with van der Waals surface area (Å²) < 4.78 is 0. The van der Waals surface area contributed by atoms with Crippen molar-refractivity contribution in [2.75, 3.05) is 19.6 Å². The number of piperidine rings is 1. The number of rotatable bonds is 4. The molecule has 2 aromatic heterocycles. The number of carbonyl (C=O) groups excluding carboxylic acids is 2. The molecule has 9 heteroatoms. The molecule has 3 aliphatic rings. The summed E-state index contributed by atoms with van der Waals surface area (Å²) in [5, 5.41) is 9.99. The first-order valence-corrected chi connectivity index (χ1v) is 13.6. The Labute approximate surface area is 221 Å². The lowest BCUT2D eigenvalue weighted by molar-refractivity contribution is 0.0910. The van der Waals surface area contributed by atoms with Crippen LogP contribution in [0.1, 0.15) is 71.4 Å². The SMILES string of the molecule is O=C(NC1CCCCC1)c1ccc(-c2nccc(-c3cc4c([nH]3)C3(CCNCC3)CNC4=O)n2)cc1Cl. The van der Waals surface area contributed by atoms with E-state index < -0.39 is 0 Å². The van der Waals surface area contributed by atoms with Gasteiger partial charge in [0.15, 0.2) is 5.82 Å². The second-order valence-corrected chi connectivity index (χ2v) is 10.9. The van der Waals surface area contributed by atoms with Gasteiger partial charge in [0.05, 0.1) is 27.5 Å². The Morgan fingerprint density at radius 2 is 1.89 bits per heavy atom. The van der Waals surface area contributed by atoms with Gasteiger partial charge in [-0.15, -0.1) is 0 Å². The van der Waals surface area contributed by atoms with Gasteiger partial charge < -0.3 is 20.9 Å². The fourth-order valence-corrected chi connectivity index (χ4v) is 6.22. The minimum absolute atomic E-state index is 0.0511. The third kappa shape index (κ3) is 4.64. The fraction of sp³-hybridized carbons (Fsp3) is 0.429. The molecular weight excluding hydrogens is 488 g/mol. The van der Waals surface area contributed by atoms with Crippen LogP contribution in [0.25, 0.3) is 22.8 Å². The van der Waals surface area contributed by atoms with Gasteiger partial charge in [0.2, 0.25) is 0 Å². The van der Waals surface area contributed by atoms with Gasteiger partial charge in [-0.2, -0.15) is 0 Å². The second kappa shape index (κ2) is 9.91. The number of hydrogen-bond donors (Lipinski definition) is 4. The van der Waals surface area contributed by atoms with Crippen molar-refractivity contribution >= 4 is 23.4 Å². The number of amides is 2. The number of H-pyrrole nitrogens is 1. The van der Waals surface area contributed by atoms with E-state index in [0.29, 0.717) is 34.2 Å². The van der Waals surface area contributed by atoms with Gasteiger partial charge in [-0.3, -0.25) is 9.59 Å². The summed E-state index contributed by atoms with van der Waals surface area (Å²) in [5.74, 6) is 0.317. The molecule has 37 heavy (non-hydrogen) atoms. The molecule has 1 aromatic carbocycles. The van der Waals surface area contributed by atoms with Crippen LogP contribution >= 0.6 is 11.6 Å². The Balaban J connectivity index is 1.26. The molecule has 0 atom stereocenters. The lowest BCUT2D eigenvalue weighted by atomic mass is 9.73. The third-order valence-corrected chi connectivity index (χ3v) is 8.40. The number of carbonyl (C=O) groups is 2. The number of nitrogens with zero attached hydrogens (tertiary/aromatic N) is 2. The highest BCUT2D eigenvalue weighted by molar-refractivity contribution is 6.34. The van der Waals surface area contributed by atoms with E-state index in [1.165, 1.54) is 6.42 Å². The molecule has 0 unspecified atom stereocenters. The van der Waals surface area contributed by atoms with Crippen molar-refractivity contribution in [1.82, 2.24) is 30.9 Å². The van der Waals surface area contributed by atoms with Crippen molar-refractivity contribution in [3.8, 4) is 22.8 Å². The number of fused-ring (bicyclic) bond motifs is 2. The zero-order valence-electron chi connectivity index (χ0n) is 20.7. The van der Waals surface area contributed by atoms with Gasteiger partial charge in [0, 0.05) is 35.5 Å². The zero-order valence-corrected chi connectivity index (χ0v) is 21.5. The van der Waals surface area contributed by atoms with Crippen molar-refractivity contribution < 1.29 is 9.59 Å². The average molecular weight is 519 g/mol. The molecule has 192 valence electrons. The number of halogens is 1. The maximum atomic E-state index is 12.8. The van der Waals surface area contributed by atoms with Crippen molar-refractivity contribution in [2.24, 2.45) is 0 Å². The minimum Gasteiger partial charge on any atom is -0.356 e. The summed E-state index contributed by atoms with van der Waals surface area (Å²) in [4.78, 5) is 38.2. The Hall–Kier alpha value is -3.23. The number of benzene rings is 1. The fourth-order valence-electron chi connectivity index (χ4n) is 5.95. The summed E-state index contributed by atoms with van der Waals surface area (Å²) in [6, 6.07) is 9.26. The summed E-state index contributed by atoms with van der Waals surface area (Å²) in [6.07, 6.45) is 9.21. The van der Waals surface area contributed by atoms with Crippen molar-refractivity contribution in [1.29, 1.82) is 0 Å². The van der Waals surface area contributed by atoms with Crippen molar-refractivity contribution in [2.45, 2.75) is 56.4 Å². The van der Waals surface area contributed by atoms with Crippen LogP contribution in [0.5, 0.6) is 0 Å². The van der Waals surface area contributed by atoms with E-state index in [0.717, 1.165) is 68.6 Å². The summed E-state index contributed by atoms with van der Waals surface area (Å²) in [6.45, 7) is 2.50. The molecule has 1 saturated carbocycles. The first kappa shape index (κ1) is 24.1. The summed E-state index contributed by atoms with van der Waals surface area (Å²) >= 11 is 6.54. The van der Waals surface area contributed by atoms with Crippen LogP contribution in [-0.2, 0) is 5.41 Å². The topological polar surface area (TPSA) is 112 Å². The molecule has 3 aromatic rings. The molecule has 1 spiro atoms. The highest BCUT2D eigenvalue weighted by atomic mass is 35.5. The quantitative estimate of drug-likeness (QED) is 0.413. The van der Waals surface area contributed by atoms with Gasteiger partial charge in [-0.25, -0.2) is 9.97 Å². The molecular formula is C28H31ClN6O2. The van der Waals surface area contributed by atoms with E-state index in [2.05, 4.69) is 25.9 Å². The van der Waals surface area contributed by atoms with Gasteiger partial charge in [-0.1, -0.05) is 36.9 Å². The van der Waals surface area contributed by atoms with Gasteiger partial charge >= 0.3 is 0 Å². The van der Waals surface area contributed by atoms with Gasteiger partial charge in [0.25, 0.3) is 11.8 Å². The van der Waals surface area contributed by atoms with Gasteiger partial charge in [-0.05, 0) is 63.0 Å². The molecule has 2 fully saturated rings. The first-order chi connectivity index (χ1) is 18.0. The highest BCUT2D eigenvalue weighted by Gasteiger charge is 2.42. The van der Waals surface area contributed by atoms with E-state index in [9.17, 15) is 9.59 Å². The van der Waals surface area contributed by atoms with Crippen LogP contribution in [0, 0.1) is 0 Å². The lowest BCUT2D eigenvalue weighted by Gasteiger charge is -2.40. The largest absolute Gasteiger partial charge is 0.356 e. The van der Waals surface area contributed by atoms with Crippen LogP contribution in [0.3, 0.4) is 0 Å². The van der Waals surface area contributed by atoms with E-state index in [1.54, 1.807) is 18.3 Å². The Kier molecular flexibility index (Phi) is 6.46. The molecule has 6 rings (SSSR count). The van der Waals surface area contributed by atoms with Gasteiger partial charge in [0.1, 0.15) is 0 Å². The standard InChI is InChI=1S/C28H31ClN6O2/c29-21-14-17(6-7-19(21)27(37)33-18-4-2-1-3-5-18)25-31-11-8-22(35-25)23-15-20-24(34-23)28(16-32-26(20)36)9-12-30-13-10-28/h6-8,11,14-15,18,30,34H,1-5,9-10,12-13,16H2,(H,32,36)(H,33,37). The normalized spacial score (nSPS) is 19.3. The number of aromatic nitrogens is 3. The maximum absolute atomic E-state index is 12.8. The highest BCUT2D eigenvalue weighted by Crippen LogP contribution is 2.39. The molecule has 1 aliphatic carbocycles. The Bertz CT molecular complexity index is 1340. The molecule has 8 nitrogen and oxygen atoms in total. The Morgan fingerprint density at radius 3 is 2.68 bits per heavy atom. The van der Waals surface area contributed by atoms with E-state index in [4.69, 9.17) is 16.6 Å². The maximum Gasteiger partial charge on any atom is 0.253 e. The van der Waals surface area contributed by atoms with Crippen LogP contribution in [0.2, 0.25) is 5.02 Å². The van der Waals surface area contributed by atoms with Crippen LogP contribution < -0.4 is 16.0 Å². The van der Waals surface area contributed by atoms with E-state index in [1.807, 2.05) is 18.2 Å². The predicted molar refractivity (Wildman–Crippen MR) is 143 cm³/mol. The second-order valence-electron chi connectivity index (χ2n) is 10.5. The van der Waals surface area contributed by atoms with Crippen molar-refractivity contribution in [3.63, 3.8) is 0 Å².